The van der Waals surface area contributed by atoms with Gasteiger partial charge in [0.2, 0.25) is 17.8 Å². The minimum absolute atomic E-state index is 0.138. The number of fused-ring (bicyclic) bond motifs is 2. The lowest BCUT2D eigenvalue weighted by atomic mass is 10.0. The maximum absolute atomic E-state index is 13.8. The maximum Gasteiger partial charge on any atom is 0.416 e. The first-order chi connectivity index (χ1) is 31.3. The highest BCUT2D eigenvalue weighted by atomic mass is 35.5. The Morgan fingerprint density at radius 3 is 2.46 bits per heavy atom. The van der Waals surface area contributed by atoms with Gasteiger partial charge in [-0.15, -0.1) is 0 Å². The number of ether oxygens (including phenoxy) is 3. The van der Waals surface area contributed by atoms with Crippen molar-refractivity contribution in [1.82, 2.24) is 35.3 Å². The van der Waals surface area contributed by atoms with Crippen LogP contribution in [0.5, 0.6) is 11.5 Å². The van der Waals surface area contributed by atoms with Gasteiger partial charge in [-0.05, 0) is 91.4 Å². The van der Waals surface area contributed by atoms with Crippen LogP contribution in [0.3, 0.4) is 0 Å². The van der Waals surface area contributed by atoms with E-state index in [2.05, 4.69) is 25.7 Å². The Balaban J connectivity index is 0.753. The molecule has 2 aliphatic rings. The fourth-order valence-corrected chi connectivity index (χ4v) is 7.93. The summed E-state index contributed by atoms with van der Waals surface area (Å²) in [5.41, 5.74) is 3.10. The molecule has 1 atom stereocenters. The molecule has 0 aliphatic carbocycles. The molecule has 65 heavy (non-hydrogen) atoms. The van der Waals surface area contributed by atoms with Gasteiger partial charge in [0.25, 0.3) is 17.4 Å². The van der Waals surface area contributed by atoms with Crippen molar-refractivity contribution in [2.45, 2.75) is 57.3 Å². The van der Waals surface area contributed by atoms with Gasteiger partial charge in [-0.25, -0.2) is 4.98 Å². The minimum atomic E-state index is -4.51. The molecular formula is C46H43ClF3N7O8. The number of imide groups is 1. The molecule has 1 fully saturated rings. The Hall–Kier alpha value is -6.92. The molecule has 4 amide bonds. The van der Waals surface area contributed by atoms with E-state index in [4.69, 9.17) is 25.8 Å². The summed E-state index contributed by atoms with van der Waals surface area (Å²) in [5, 5.41) is 8.62. The number of hydrogen-bond acceptors (Lipinski definition) is 9. The lowest BCUT2D eigenvalue weighted by Crippen LogP contribution is -2.52. The van der Waals surface area contributed by atoms with Gasteiger partial charge in [0.1, 0.15) is 17.5 Å². The zero-order chi connectivity index (χ0) is 45.7. The Bertz CT molecular complexity index is 2790. The van der Waals surface area contributed by atoms with E-state index < -0.39 is 29.2 Å². The summed E-state index contributed by atoms with van der Waals surface area (Å²) in [5.74, 6) is -0.286. The van der Waals surface area contributed by atoms with Crippen molar-refractivity contribution in [2.24, 2.45) is 0 Å². The molecule has 15 nitrogen and oxygen atoms in total. The number of carbonyl (C=O) groups excluding carboxylic acids is 4. The predicted octanol–water partition coefficient (Wildman–Crippen LogP) is 6.30. The van der Waals surface area contributed by atoms with Crippen molar-refractivity contribution in [3.63, 3.8) is 0 Å². The van der Waals surface area contributed by atoms with Crippen molar-refractivity contribution in [3.8, 4) is 28.7 Å². The lowest BCUT2D eigenvalue weighted by Gasteiger charge is -2.29. The number of amides is 4. The van der Waals surface area contributed by atoms with Crippen LogP contribution in [-0.2, 0) is 44.7 Å². The van der Waals surface area contributed by atoms with Crippen molar-refractivity contribution in [3.05, 3.63) is 128 Å². The molecule has 0 saturated carbocycles. The first-order valence-corrected chi connectivity index (χ1v) is 21.3. The summed E-state index contributed by atoms with van der Waals surface area (Å²) in [4.78, 5) is 72.3. The quantitative estimate of drug-likeness (QED) is 0.0567. The second kappa shape index (κ2) is 19.4. The average Bonchev–Trinajstić information content (AvgIpc) is 3.96. The van der Waals surface area contributed by atoms with Crippen LogP contribution in [-0.4, -0.2) is 87.3 Å². The summed E-state index contributed by atoms with van der Waals surface area (Å²) in [6.45, 7) is 1.51. The third-order valence-corrected chi connectivity index (χ3v) is 11.3. The van der Waals surface area contributed by atoms with Gasteiger partial charge in [-0.1, -0.05) is 41.9 Å². The smallest absolute Gasteiger partial charge is 0.416 e. The molecule has 2 aromatic heterocycles. The highest BCUT2D eigenvalue weighted by Gasteiger charge is 2.40. The molecule has 0 bridgehead atoms. The van der Waals surface area contributed by atoms with Crippen molar-refractivity contribution in [1.29, 1.82) is 0 Å². The first kappa shape index (κ1) is 44.7. The molecule has 1 saturated heterocycles. The molecule has 19 heteroatoms. The van der Waals surface area contributed by atoms with Gasteiger partial charge in [0.05, 0.1) is 35.4 Å². The van der Waals surface area contributed by atoms with Crippen LogP contribution in [0.2, 0.25) is 5.02 Å². The first-order valence-electron chi connectivity index (χ1n) is 20.9. The number of halogens is 4. The van der Waals surface area contributed by atoms with Crippen molar-refractivity contribution < 1.29 is 46.6 Å². The summed E-state index contributed by atoms with van der Waals surface area (Å²) in [6, 6.07) is 21.4. The zero-order valence-electron chi connectivity index (χ0n) is 34.8. The average molecular weight is 914 g/mol. The van der Waals surface area contributed by atoms with E-state index in [0.717, 1.165) is 17.7 Å². The highest BCUT2D eigenvalue weighted by molar-refractivity contribution is 6.31. The van der Waals surface area contributed by atoms with Crippen LogP contribution in [0.4, 0.5) is 13.2 Å². The van der Waals surface area contributed by atoms with E-state index in [1.165, 1.54) is 21.7 Å². The number of aromatic nitrogens is 4. The molecule has 0 spiro atoms. The molecule has 6 aromatic rings. The van der Waals surface area contributed by atoms with Crippen molar-refractivity contribution in [2.75, 3.05) is 33.0 Å². The molecule has 8 rings (SSSR count). The van der Waals surface area contributed by atoms with Crippen LogP contribution in [0.15, 0.2) is 89.7 Å². The summed E-state index contributed by atoms with van der Waals surface area (Å²) < 4.78 is 58.6. The summed E-state index contributed by atoms with van der Waals surface area (Å²) in [6.07, 6.45) is -2.17. The van der Waals surface area contributed by atoms with E-state index in [0.29, 0.717) is 101 Å². The largest absolute Gasteiger partial charge is 0.494 e. The fourth-order valence-electron chi connectivity index (χ4n) is 7.76. The minimum Gasteiger partial charge on any atom is -0.494 e. The summed E-state index contributed by atoms with van der Waals surface area (Å²) in [7, 11) is 0. The van der Waals surface area contributed by atoms with Crippen LogP contribution in [0.1, 0.15) is 58.3 Å². The van der Waals surface area contributed by atoms with E-state index in [-0.39, 0.29) is 56.1 Å². The number of hydrogen-bond donors (Lipinski definition) is 4. The second-order valence-corrected chi connectivity index (χ2v) is 16.0. The van der Waals surface area contributed by atoms with E-state index in [9.17, 15) is 37.1 Å². The molecule has 0 radical (unpaired) electrons. The predicted molar refractivity (Wildman–Crippen MR) is 232 cm³/mol. The third-order valence-electron chi connectivity index (χ3n) is 11.1. The van der Waals surface area contributed by atoms with Gasteiger partial charge in [-0.3, -0.25) is 34.4 Å². The zero-order valence-corrected chi connectivity index (χ0v) is 35.5. The van der Waals surface area contributed by atoms with Gasteiger partial charge in [0.15, 0.2) is 6.61 Å². The summed E-state index contributed by atoms with van der Waals surface area (Å²) >= 11 is 6.14. The van der Waals surface area contributed by atoms with E-state index >= 15 is 0 Å². The van der Waals surface area contributed by atoms with Gasteiger partial charge in [-0.2, -0.15) is 17.9 Å². The molecule has 1 unspecified atom stereocenters. The Morgan fingerprint density at radius 2 is 1.69 bits per heavy atom. The number of rotatable bonds is 18. The molecule has 4 aromatic carbocycles. The standard InChI is InChI=1S/C46H43ClF3N7O8/c47-30-13-17-35-36(24-30)53-45(52-35)57-44(62)33(41(55-57)28-9-11-29(12-10-28)46(48,49)50)16-8-27-6-14-31(15-7-27)64-23-3-22-63-21-2-20-51-40(59)26-65-38-5-1-4-32-34(38)25-56(43(32)61)37-18-19-39(58)54-42(37)60/h1,4-7,9-15,17,24,37,55H,2-3,8,16,18-23,25-26H2,(H,51,59)(H,52,53)(H,54,58,60). The van der Waals surface area contributed by atoms with Gasteiger partial charge in [0, 0.05) is 54.3 Å². The number of nitrogens with zero attached hydrogens (tertiary/aromatic N) is 3. The molecular weight excluding hydrogens is 871 g/mol. The molecule has 338 valence electrons. The second-order valence-electron chi connectivity index (χ2n) is 15.5. The number of nitrogens with one attached hydrogen (secondary N) is 4. The third kappa shape index (κ3) is 10.4. The number of imidazole rings is 1. The van der Waals surface area contributed by atoms with Crippen LogP contribution in [0, 0.1) is 0 Å². The SMILES string of the molecule is O=C(COc1cccc2c1CN(C1CCC(=O)NC1=O)C2=O)NCCCOCCCOc1ccc(CCc2c(-c3ccc(C(F)(F)F)cc3)[nH]n(-c3nc4ccc(Cl)cc4[nH]3)c2=O)cc1. The highest BCUT2D eigenvalue weighted by Crippen LogP contribution is 2.34. The number of H-pyrrole nitrogens is 2. The Kier molecular flexibility index (Phi) is 13.4. The normalized spacial score (nSPS) is 15.0. The number of carbonyl (C=O) groups is 4. The van der Waals surface area contributed by atoms with E-state index in [1.54, 1.807) is 36.4 Å². The monoisotopic (exact) mass is 913 g/mol. The number of benzene rings is 4. The molecule has 4 heterocycles. The van der Waals surface area contributed by atoms with Gasteiger partial charge >= 0.3 is 6.18 Å². The van der Waals surface area contributed by atoms with Crippen LogP contribution < -0.4 is 25.7 Å². The number of aryl methyl sites for hydroxylation is 1. The fraction of sp³-hybridized carbons (Fsp3) is 0.304. The molecule has 4 N–H and O–H groups in total. The van der Waals surface area contributed by atoms with Gasteiger partial charge < -0.3 is 29.4 Å². The van der Waals surface area contributed by atoms with Crippen LogP contribution in [0.25, 0.3) is 28.2 Å². The molecule has 2 aliphatic heterocycles. The van der Waals surface area contributed by atoms with Crippen LogP contribution >= 0.6 is 11.6 Å². The number of piperidine rings is 1. The maximum atomic E-state index is 13.8. The Labute approximate surface area is 374 Å². The Morgan fingerprint density at radius 1 is 0.908 bits per heavy atom. The topological polar surface area (TPSA) is 190 Å². The number of alkyl halides is 3. The number of aromatic amines is 2. The van der Waals surface area contributed by atoms with E-state index in [1.807, 2.05) is 24.3 Å². The lowest BCUT2D eigenvalue weighted by molar-refractivity contribution is -0.138. The van der Waals surface area contributed by atoms with Crippen molar-refractivity contribution >= 4 is 46.3 Å².